The van der Waals surface area contributed by atoms with E-state index in [-0.39, 0.29) is 10.9 Å². The lowest BCUT2D eigenvalue weighted by Gasteiger charge is -2.26. The predicted molar refractivity (Wildman–Crippen MR) is 94.6 cm³/mol. The second-order valence-corrected chi connectivity index (χ2v) is 8.70. The third-order valence-electron chi connectivity index (χ3n) is 4.94. The Morgan fingerprint density at radius 3 is 2.20 bits per heavy atom. The molecule has 1 aromatic carbocycles. The first-order chi connectivity index (χ1) is 11.8. The van der Waals surface area contributed by atoms with Crippen molar-refractivity contribution in [1.82, 2.24) is 4.72 Å². The summed E-state index contributed by atoms with van der Waals surface area (Å²) < 4.78 is 28.1. The average molecular weight is 365 g/mol. The molecule has 1 unspecified atom stereocenters. The molecule has 0 saturated heterocycles. The normalized spacial score (nSPS) is 27.0. The van der Waals surface area contributed by atoms with Crippen LogP contribution in [0.4, 0.5) is 11.4 Å². The summed E-state index contributed by atoms with van der Waals surface area (Å²) in [4.78, 5) is 23.9. The van der Waals surface area contributed by atoms with Gasteiger partial charge in [0, 0.05) is 6.04 Å². The molecule has 1 atom stereocenters. The summed E-state index contributed by atoms with van der Waals surface area (Å²) in [7, 11) is -3.68. The fourth-order valence-corrected chi connectivity index (χ4v) is 4.50. The average Bonchev–Trinajstić information content (AvgIpc) is 2.67. The summed E-state index contributed by atoms with van der Waals surface area (Å²) >= 11 is 0. The summed E-state index contributed by atoms with van der Waals surface area (Å²) in [6.45, 7) is 3.68. The predicted octanol–water partition coefficient (Wildman–Crippen LogP) is 2.07. The lowest BCUT2D eigenvalue weighted by molar-refractivity contribution is -0.128. The summed E-state index contributed by atoms with van der Waals surface area (Å²) in [6.07, 6.45) is 3.68. The first kappa shape index (κ1) is 17.9. The van der Waals surface area contributed by atoms with Crippen LogP contribution in [0.2, 0.25) is 0 Å². The number of amides is 2. The molecule has 8 heteroatoms. The number of benzene rings is 1. The van der Waals surface area contributed by atoms with E-state index < -0.39 is 27.8 Å². The van der Waals surface area contributed by atoms with Gasteiger partial charge in [0.15, 0.2) is 0 Å². The van der Waals surface area contributed by atoms with Gasteiger partial charge >= 0.3 is 0 Å². The molecule has 0 radical (unpaired) electrons. The highest BCUT2D eigenvalue weighted by atomic mass is 32.2. The molecule has 0 spiro atoms. The molecule has 1 aliphatic heterocycles. The van der Waals surface area contributed by atoms with Crippen LogP contribution >= 0.6 is 0 Å². The Kier molecular flexibility index (Phi) is 4.83. The Morgan fingerprint density at radius 2 is 1.56 bits per heavy atom. The molecule has 25 heavy (non-hydrogen) atoms. The number of anilines is 2. The van der Waals surface area contributed by atoms with Crippen LogP contribution in [0.1, 0.15) is 39.5 Å². The summed E-state index contributed by atoms with van der Waals surface area (Å²) in [6, 6.07) is 4.27. The van der Waals surface area contributed by atoms with Gasteiger partial charge in [0.1, 0.15) is 5.92 Å². The van der Waals surface area contributed by atoms with Crippen molar-refractivity contribution in [3.8, 4) is 0 Å². The van der Waals surface area contributed by atoms with Crippen LogP contribution in [-0.4, -0.2) is 26.3 Å². The van der Waals surface area contributed by atoms with Crippen LogP contribution in [0, 0.1) is 11.8 Å². The Hall–Kier alpha value is -1.93. The van der Waals surface area contributed by atoms with E-state index in [1.54, 1.807) is 0 Å². The molecule has 3 N–H and O–H groups in total. The molecular formula is C17H23N3O4S. The van der Waals surface area contributed by atoms with E-state index >= 15 is 0 Å². The number of rotatable bonds is 3. The molecule has 7 nitrogen and oxygen atoms in total. The molecule has 1 aliphatic carbocycles. The smallest absolute Gasteiger partial charge is 0.240 e. The number of fused-ring (bicyclic) bond motifs is 1. The van der Waals surface area contributed by atoms with Crippen LogP contribution in [0.3, 0.4) is 0 Å². The quantitative estimate of drug-likeness (QED) is 0.713. The lowest BCUT2D eigenvalue weighted by Crippen LogP contribution is -2.37. The lowest BCUT2D eigenvalue weighted by atomic mass is 9.88. The largest absolute Gasteiger partial charge is 0.324 e. The minimum Gasteiger partial charge on any atom is -0.324 e. The van der Waals surface area contributed by atoms with Gasteiger partial charge in [-0.1, -0.05) is 6.92 Å². The Balaban J connectivity index is 1.82. The van der Waals surface area contributed by atoms with Crippen molar-refractivity contribution < 1.29 is 18.0 Å². The van der Waals surface area contributed by atoms with Crippen LogP contribution in [0.25, 0.3) is 0 Å². The molecule has 1 saturated carbocycles. The van der Waals surface area contributed by atoms with Gasteiger partial charge in [0.2, 0.25) is 21.8 Å². The fourth-order valence-electron chi connectivity index (χ4n) is 3.17. The number of nitrogens with one attached hydrogen (secondary N) is 3. The highest BCUT2D eigenvalue weighted by molar-refractivity contribution is 7.89. The van der Waals surface area contributed by atoms with E-state index in [1.807, 2.05) is 0 Å². The van der Waals surface area contributed by atoms with Crippen LogP contribution in [-0.2, 0) is 19.6 Å². The maximum Gasteiger partial charge on any atom is 0.240 e. The minimum atomic E-state index is -3.68. The molecule has 2 amide bonds. The molecule has 136 valence electrons. The number of carbonyl (C=O) groups excluding carboxylic acids is 2. The third-order valence-corrected chi connectivity index (χ3v) is 6.46. The standard InChI is InChI=1S/C17H23N3O4S/c1-10-3-5-12(6-4-10)20-25(23,24)13-7-8-14-15(9-13)19-17(22)11(2)16(21)18-14/h7-12,20H,3-6H2,1-2H3,(H,18,21)(H,19,22). The zero-order chi connectivity index (χ0) is 18.2. The van der Waals surface area contributed by atoms with Crippen molar-refractivity contribution in [2.45, 2.75) is 50.5 Å². The van der Waals surface area contributed by atoms with Gasteiger partial charge in [-0.05, 0) is 56.7 Å². The maximum absolute atomic E-state index is 12.7. The molecule has 1 aromatic rings. The minimum absolute atomic E-state index is 0.0608. The molecule has 2 aliphatic rings. The van der Waals surface area contributed by atoms with E-state index in [1.165, 1.54) is 25.1 Å². The zero-order valence-corrected chi connectivity index (χ0v) is 15.2. The van der Waals surface area contributed by atoms with E-state index in [0.717, 1.165) is 25.7 Å². The van der Waals surface area contributed by atoms with Crippen LogP contribution < -0.4 is 15.4 Å². The highest BCUT2D eigenvalue weighted by Gasteiger charge is 2.29. The number of hydrogen-bond donors (Lipinski definition) is 3. The summed E-state index contributed by atoms with van der Waals surface area (Å²) in [5.74, 6) is -1.08. The third kappa shape index (κ3) is 3.85. The molecule has 0 bridgehead atoms. The van der Waals surface area contributed by atoms with Gasteiger partial charge in [-0.3, -0.25) is 9.59 Å². The molecule has 1 heterocycles. The zero-order valence-electron chi connectivity index (χ0n) is 14.3. The highest BCUT2D eigenvalue weighted by Crippen LogP contribution is 2.30. The second-order valence-electron chi connectivity index (χ2n) is 6.99. The maximum atomic E-state index is 12.7. The summed E-state index contributed by atoms with van der Waals surface area (Å²) in [5.41, 5.74) is 0.691. The fraction of sp³-hybridized carbons (Fsp3) is 0.529. The second kappa shape index (κ2) is 6.76. The van der Waals surface area contributed by atoms with E-state index in [9.17, 15) is 18.0 Å². The Bertz CT molecular complexity index is 798. The molecular weight excluding hydrogens is 342 g/mol. The molecule has 0 aromatic heterocycles. The van der Waals surface area contributed by atoms with Crippen LogP contribution in [0.15, 0.2) is 23.1 Å². The van der Waals surface area contributed by atoms with Gasteiger partial charge < -0.3 is 10.6 Å². The van der Waals surface area contributed by atoms with Crippen molar-refractivity contribution in [3.63, 3.8) is 0 Å². The first-order valence-electron chi connectivity index (χ1n) is 8.54. The molecule has 1 fully saturated rings. The van der Waals surface area contributed by atoms with E-state index in [4.69, 9.17) is 0 Å². The SMILES string of the molecule is CC1CCC(NS(=O)(=O)c2ccc3c(c2)NC(=O)C(C)C(=O)N3)CC1. The van der Waals surface area contributed by atoms with Gasteiger partial charge in [-0.15, -0.1) is 0 Å². The van der Waals surface area contributed by atoms with Crippen molar-refractivity contribution in [2.75, 3.05) is 10.6 Å². The van der Waals surface area contributed by atoms with E-state index in [0.29, 0.717) is 17.3 Å². The Morgan fingerprint density at radius 1 is 0.960 bits per heavy atom. The monoisotopic (exact) mass is 365 g/mol. The van der Waals surface area contributed by atoms with Crippen LogP contribution in [0.5, 0.6) is 0 Å². The van der Waals surface area contributed by atoms with Crippen molar-refractivity contribution in [3.05, 3.63) is 18.2 Å². The van der Waals surface area contributed by atoms with Crippen molar-refractivity contribution in [1.29, 1.82) is 0 Å². The number of sulfonamides is 1. The van der Waals surface area contributed by atoms with E-state index in [2.05, 4.69) is 22.3 Å². The van der Waals surface area contributed by atoms with Crippen molar-refractivity contribution in [2.24, 2.45) is 11.8 Å². The number of carbonyl (C=O) groups is 2. The first-order valence-corrected chi connectivity index (χ1v) is 10.0. The molecule has 3 rings (SSSR count). The summed E-state index contributed by atoms with van der Waals surface area (Å²) in [5, 5.41) is 5.24. The van der Waals surface area contributed by atoms with Gasteiger partial charge in [-0.25, -0.2) is 13.1 Å². The Labute approximate surface area is 147 Å². The van der Waals surface area contributed by atoms with Gasteiger partial charge in [-0.2, -0.15) is 0 Å². The van der Waals surface area contributed by atoms with Gasteiger partial charge in [0.25, 0.3) is 0 Å². The van der Waals surface area contributed by atoms with Crippen molar-refractivity contribution >= 4 is 33.2 Å². The topological polar surface area (TPSA) is 104 Å². The number of hydrogen-bond acceptors (Lipinski definition) is 4. The van der Waals surface area contributed by atoms with Gasteiger partial charge in [0.05, 0.1) is 16.3 Å².